The molecule has 4 rings (SSSR count). The molecule has 2 fully saturated rings. The van der Waals surface area contributed by atoms with Crippen LogP contribution in [0.3, 0.4) is 0 Å². The van der Waals surface area contributed by atoms with Crippen molar-refractivity contribution in [3.8, 4) is 0 Å². The largest absolute Gasteiger partial charge is 0.379 e. The van der Waals surface area contributed by atoms with Crippen LogP contribution in [0.4, 0.5) is 4.79 Å². The first kappa shape index (κ1) is 20.9. The molecule has 0 unspecified atom stereocenters. The molecular formula is C25H33N3O2. The summed E-state index contributed by atoms with van der Waals surface area (Å²) in [5.41, 5.74) is 3.93. The van der Waals surface area contributed by atoms with Crippen LogP contribution in [0.15, 0.2) is 54.6 Å². The molecule has 0 atom stereocenters. The number of rotatable bonds is 6. The summed E-state index contributed by atoms with van der Waals surface area (Å²) < 4.78 is 5.43. The maximum atomic E-state index is 12.4. The highest BCUT2D eigenvalue weighted by atomic mass is 16.5. The van der Waals surface area contributed by atoms with Gasteiger partial charge in [-0.2, -0.15) is 0 Å². The molecule has 2 heterocycles. The summed E-state index contributed by atoms with van der Waals surface area (Å²) in [7, 11) is 0. The number of benzene rings is 2. The van der Waals surface area contributed by atoms with Crippen molar-refractivity contribution in [2.75, 3.05) is 39.4 Å². The van der Waals surface area contributed by atoms with E-state index in [-0.39, 0.29) is 6.03 Å². The summed E-state index contributed by atoms with van der Waals surface area (Å²) >= 11 is 0. The number of nitrogens with one attached hydrogen (secondary N) is 1. The average molecular weight is 408 g/mol. The van der Waals surface area contributed by atoms with Crippen molar-refractivity contribution >= 4 is 6.03 Å². The minimum atomic E-state index is 0.0600. The number of morpholine rings is 1. The molecule has 30 heavy (non-hydrogen) atoms. The van der Waals surface area contributed by atoms with Crippen LogP contribution < -0.4 is 5.32 Å². The number of piperidine rings is 1. The highest BCUT2D eigenvalue weighted by Crippen LogP contribution is 2.22. The zero-order valence-electron chi connectivity index (χ0n) is 17.8. The molecule has 2 saturated heterocycles. The second kappa shape index (κ2) is 10.6. The van der Waals surface area contributed by atoms with Gasteiger partial charge in [0.15, 0.2) is 0 Å². The number of nitrogens with zero attached hydrogens (tertiary/aromatic N) is 2. The Hall–Kier alpha value is -2.37. The first-order valence-electron chi connectivity index (χ1n) is 11.2. The third-order valence-electron chi connectivity index (χ3n) is 6.25. The second-order valence-electron chi connectivity index (χ2n) is 8.48. The van der Waals surface area contributed by atoms with E-state index >= 15 is 0 Å². The van der Waals surface area contributed by atoms with Crippen LogP contribution in [-0.2, 0) is 24.2 Å². The minimum absolute atomic E-state index is 0.0600. The van der Waals surface area contributed by atoms with Gasteiger partial charge in [0, 0.05) is 39.3 Å². The molecule has 1 N–H and O–H groups in total. The minimum Gasteiger partial charge on any atom is -0.379 e. The fourth-order valence-corrected chi connectivity index (χ4v) is 4.36. The Labute approximate surface area is 180 Å². The fourth-order valence-electron chi connectivity index (χ4n) is 4.36. The Morgan fingerprint density at radius 1 is 0.867 bits per heavy atom. The summed E-state index contributed by atoms with van der Waals surface area (Å²) in [6.07, 6.45) is 3.26. The van der Waals surface area contributed by atoms with Gasteiger partial charge in [0.25, 0.3) is 0 Å². The van der Waals surface area contributed by atoms with E-state index in [4.69, 9.17) is 4.74 Å². The third-order valence-corrected chi connectivity index (χ3v) is 6.25. The van der Waals surface area contributed by atoms with Crippen molar-refractivity contribution in [2.45, 2.75) is 32.4 Å². The molecule has 2 aliphatic heterocycles. The summed E-state index contributed by atoms with van der Waals surface area (Å²) in [6.45, 7) is 7.05. The van der Waals surface area contributed by atoms with Gasteiger partial charge in [0.1, 0.15) is 0 Å². The van der Waals surface area contributed by atoms with Crippen molar-refractivity contribution in [3.05, 3.63) is 71.3 Å². The molecule has 160 valence electrons. The van der Waals surface area contributed by atoms with Crippen LogP contribution in [0.25, 0.3) is 0 Å². The van der Waals surface area contributed by atoms with Gasteiger partial charge in [-0.05, 0) is 41.9 Å². The van der Waals surface area contributed by atoms with E-state index in [2.05, 4.69) is 34.5 Å². The van der Waals surface area contributed by atoms with E-state index in [1.807, 2.05) is 35.2 Å². The maximum absolute atomic E-state index is 12.4. The van der Waals surface area contributed by atoms with Crippen molar-refractivity contribution in [1.82, 2.24) is 15.1 Å². The number of hydrogen-bond acceptors (Lipinski definition) is 3. The predicted molar refractivity (Wildman–Crippen MR) is 119 cm³/mol. The van der Waals surface area contributed by atoms with Gasteiger partial charge in [-0.1, -0.05) is 54.6 Å². The van der Waals surface area contributed by atoms with Crippen molar-refractivity contribution in [3.63, 3.8) is 0 Å². The highest BCUT2D eigenvalue weighted by molar-refractivity contribution is 5.74. The Morgan fingerprint density at radius 3 is 2.23 bits per heavy atom. The normalized spacial score (nSPS) is 18.3. The highest BCUT2D eigenvalue weighted by Gasteiger charge is 2.22. The van der Waals surface area contributed by atoms with E-state index in [9.17, 15) is 4.79 Å². The maximum Gasteiger partial charge on any atom is 0.317 e. The van der Waals surface area contributed by atoms with Gasteiger partial charge >= 0.3 is 6.03 Å². The number of amides is 2. The molecule has 0 saturated carbocycles. The molecule has 0 aromatic heterocycles. The van der Waals surface area contributed by atoms with Gasteiger partial charge in [-0.3, -0.25) is 4.90 Å². The summed E-state index contributed by atoms with van der Waals surface area (Å²) in [5.74, 6) is 0.660. The topological polar surface area (TPSA) is 44.8 Å². The fraction of sp³-hybridized carbons (Fsp3) is 0.480. The zero-order valence-corrected chi connectivity index (χ0v) is 17.8. The molecule has 2 aliphatic rings. The molecule has 0 spiro atoms. The Balaban J connectivity index is 1.18. The number of likely N-dealkylation sites (tertiary alicyclic amines) is 1. The van der Waals surface area contributed by atoms with Crippen molar-refractivity contribution in [1.29, 1.82) is 0 Å². The first-order chi connectivity index (χ1) is 14.8. The lowest BCUT2D eigenvalue weighted by Gasteiger charge is -2.32. The van der Waals surface area contributed by atoms with E-state index < -0.39 is 0 Å². The standard InChI is InChI=1S/C25H33N3O2/c29-25(26-19-23-4-2-1-3-5-23)28-12-10-22(11-13-28)18-21-6-8-24(9-7-21)20-27-14-16-30-17-15-27/h1-9,22H,10-20H2,(H,26,29). The summed E-state index contributed by atoms with van der Waals surface area (Å²) in [6, 6.07) is 19.3. The van der Waals surface area contributed by atoms with Gasteiger partial charge in [-0.25, -0.2) is 4.79 Å². The summed E-state index contributed by atoms with van der Waals surface area (Å²) in [5, 5.41) is 3.05. The molecule has 0 radical (unpaired) electrons. The van der Waals surface area contributed by atoms with Gasteiger partial charge in [-0.15, -0.1) is 0 Å². The molecule has 0 aliphatic carbocycles. The average Bonchev–Trinajstić information content (AvgIpc) is 2.81. The predicted octanol–water partition coefficient (Wildman–Crippen LogP) is 3.68. The van der Waals surface area contributed by atoms with E-state index in [1.165, 1.54) is 11.1 Å². The Morgan fingerprint density at radius 2 is 1.53 bits per heavy atom. The third kappa shape index (κ3) is 6.07. The molecule has 2 amide bonds. The van der Waals surface area contributed by atoms with Gasteiger partial charge in [0.2, 0.25) is 0 Å². The van der Waals surface area contributed by atoms with Crippen LogP contribution in [0, 0.1) is 5.92 Å². The van der Waals surface area contributed by atoms with E-state index in [1.54, 1.807) is 0 Å². The number of carbonyl (C=O) groups excluding carboxylic acids is 1. The molecule has 5 nitrogen and oxygen atoms in total. The second-order valence-corrected chi connectivity index (χ2v) is 8.48. The van der Waals surface area contributed by atoms with Crippen molar-refractivity contribution < 1.29 is 9.53 Å². The molecule has 2 aromatic carbocycles. The molecule has 0 bridgehead atoms. The Kier molecular flexibility index (Phi) is 7.38. The van der Waals surface area contributed by atoms with Crippen LogP contribution in [-0.4, -0.2) is 55.2 Å². The number of ether oxygens (including phenoxy) is 1. The molecular weight excluding hydrogens is 374 g/mol. The monoisotopic (exact) mass is 407 g/mol. The molecule has 2 aromatic rings. The lowest BCUT2D eigenvalue weighted by Crippen LogP contribution is -2.44. The van der Waals surface area contributed by atoms with Crippen LogP contribution in [0.5, 0.6) is 0 Å². The van der Waals surface area contributed by atoms with Crippen LogP contribution in [0.1, 0.15) is 29.5 Å². The Bertz CT molecular complexity index is 780. The lowest BCUT2D eigenvalue weighted by molar-refractivity contribution is 0.0342. The number of carbonyl (C=O) groups is 1. The smallest absolute Gasteiger partial charge is 0.317 e. The van der Waals surface area contributed by atoms with E-state index in [0.717, 1.165) is 70.8 Å². The van der Waals surface area contributed by atoms with E-state index in [0.29, 0.717) is 12.5 Å². The van der Waals surface area contributed by atoms with Crippen LogP contribution in [0.2, 0.25) is 0 Å². The lowest BCUT2D eigenvalue weighted by atomic mass is 9.90. The summed E-state index contributed by atoms with van der Waals surface area (Å²) in [4.78, 5) is 16.9. The molecule has 5 heteroatoms. The van der Waals surface area contributed by atoms with Gasteiger partial charge in [0.05, 0.1) is 13.2 Å². The zero-order chi connectivity index (χ0) is 20.6. The van der Waals surface area contributed by atoms with Crippen molar-refractivity contribution in [2.24, 2.45) is 5.92 Å². The first-order valence-corrected chi connectivity index (χ1v) is 11.2. The quantitative estimate of drug-likeness (QED) is 0.794. The number of hydrogen-bond donors (Lipinski definition) is 1. The van der Waals surface area contributed by atoms with Gasteiger partial charge < -0.3 is 15.0 Å². The van der Waals surface area contributed by atoms with Crippen LogP contribution >= 0.6 is 0 Å². The number of urea groups is 1. The SMILES string of the molecule is O=C(NCc1ccccc1)N1CCC(Cc2ccc(CN3CCOCC3)cc2)CC1.